The molecule has 0 atom stereocenters. The second kappa shape index (κ2) is 7.46. The van der Waals surface area contributed by atoms with Crippen LogP contribution in [0, 0.1) is 20.8 Å². The smallest absolute Gasteiger partial charge is 0.410 e. The predicted octanol–water partition coefficient (Wildman–Crippen LogP) is 3.40. The van der Waals surface area contributed by atoms with E-state index in [1.165, 1.54) is 0 Å². The summed E-state index contributed by atoms with van der Waals surface area (Å²) in [6.45, 7) is 7.90. The Morgan fingerprint density at radius 2 is 1.93 bits per heavy atom. The second-order valence-corrected chi connectivity index (χ2v) is 7.22. The van der Waals surface area contributed by atoms with Crippen LogP contribution in [-0.4, -0.2) is 37.5 Å². The summed E-state index contributed by atoms with van der Waals surface area (Å²) in [5.41, 5.74) is 4.87. The van der Waals surface area contributed by atoms with E-state index in [9.17, 15) is 4.79 Å². The Labute approximate surface area is 163 Å². The number of carbonyl (C=O) groups is 1. The highest BCUT2D eigenvalue weighted by molar-refractivity contribution is 5.67. The Hall–Kier alpha value is -3.16. The van der Waals surface area contributed by atoms with Gasteiger partial charge in [-0.1, -0.05) is 34.5 Å². The standard InChI is InChI=1S/C20H23N5O3/c1-13-7-14(2)9-16(8-13)12-27-20(26)24-5-4-6-25-17(11-24)10-18(22-25)19-21-15(3)23-28-19/h7-10H,4-6,11-12H2,1-3H3. The van der Waals surface area contributed by atoms with Crippen molar-refractivity contribution in [2.24, 2.45) is 0 Å². The number of nitrogens with zero attached hydrogens (tertiary/aromatic N) is 5. The zero-order valence-corrected chi connectivity index (χ0v) is 16.3. The van der Waals surface area contributed by atoms with Gasteiger partial charge in [0.15, 0.2) is 11.5 Å². The van der Waals surface area contributed by atoms with E-state index in [0.717, 1.165) is 35.3 Å². The van der Waals surface area contributed by atoms with Gasteiger partial charge in [-0.05, 0) is 38.8 Å². The number of amides is 1. The van der Waals surface area contributed by atoms with Crippen LogP contribution in [-0.2, 0) is 24.4 Å². The van der Waals surface area contributed by atoms with Crippen molar-refractivity contribution in [2.45, 2.75) is 46.9 Å². The van der Waals surface area contributed by atoms with Crippen LogP contribution >= 0.6 is 0 Å². The minimum absolute atomic E-state index is 0.267. The van der Waals surface area contributed by atoms with Crippen LogP contribution in [0.25, 0.3) is 11.6 Å². The fourth-order valence-electron chi connectivity index (χ4n) is 3.51. The number of aromatic nitrogens is 4. The maximum Gasteiger partial charge on any atom is 0.410 e. The second-order valence-electron chi connectivity index (χ2n) is 7.22. The van der Waals surface area contributed by atoms with Crippen LogP contribution < -0.4 is 0 Å². The van der Waals surface area contributed by atoms with E-state index >= 15 is 0 Å². The molecule has 0 fully saturated rings. The lowest BCUT2D eigenvalue weighted by atomic mass is 10.1. The molecule has 3 aromatic rings. The van der Waals surface area contributed by atoms with Gasteiger partial charge in [-0.15, -0.1) is 0 Å². The van der Waals surface area contributed by atoms with Crippen molar-refractivity contribution in [3.63, 3.8) is 0 Å². The molecule has 1 aliphatic heterocycles. The van der Waals surface area contributed by atoms with E-state index < -0.39 is 0 Å². The van der Waals surface area contributed by atoms with E-state index in [0.29, 0.717) is 30.5 Å². The molecule has 8 heteroatoms. The maximum absolute atomic E-state index is 12.6. The van der Waals surface area contributed by atoms with E-state index in [1.54, 1.807) is 11.8 Å². The van der Waals surface area contributed by atoms with Crippen molar-refractivity contribution in [1.29, 1.82) is 0 Å². The first-order valence-corrected chi connectivity index (χ1v) is 9.34. The first-order chi connectivity index (χ1) is 13.5. The monoisotopic (exact) mass is 381 g/mol. The Kier molecular flexibility index (Phi) is 4.85. The molecule has 0 saturated heterocycles. The van der Waals surface area contributed by atoms with Crippen LogP contribution in [0.3, 0.4) is 0 Å². The molecule has 1 aromatic carbocycles. The van der Waals surface area contributed by atoms with Gasteiger partial charge >= 0.3 is 6.09 Å². The highest BCUT2D eigenvalue weighted by Gasteiger charge is 2.23. The molecule has 0 radical (unpaired) electrons. The summed E-state index contributed by atoms with van der Waals surface area (Å²) in [5, 5.41) is 8.35. The van der Waals surface area contributed by atoms with E-state index in [2.05, 4.69) is 21.3 Å². The normalized spacial score (nSPS) is 13.9. The van der Waals surface area contributed by atoms with Crippen molar-refractivity contribution in [3.05, 3.63) is 52.5 Å². The molecule has 28 heavy (non-hydrogen) atoms. The Morgan fingerprint density at radius 1 is 1.14 bits per heavy atom. The number of ether oxygens (including phenoxy) is 1. The van der Waals surface area contributed by atoms with Gasteiger partial charge in [-0.2, -0.15) is 10.1 Å². The molecule has 0 N–H and O–H groups in total. The number of hydrogen-bond acceptors (Lipinski definition) is 6. The van der Waals surface area contributed by atoms with Gasteiger partial charge in [0.2, 0.25) is 0 Å². The molecule has 0 spiro atoms. The van der Waals surface area contributed by atoms with Crippen molar-refractivity contribution in [3.8, 4) is 11.6 Å². The summed E-state index contributed by atoms with van der Waals surface area (Å²) in [6.07, 6.45) is 0.485. The van der Waals surface area contributed by atoms with Gasteiger partial charge in [-0.3, -0.25) is 4.68 Å². The lowest BCUT2D eigenvalue weighted by Crippen LogP contribution is -2.31. The third-order valence-electron chi connectivity index (χ3n) is 4.66. The van der Waals surface area contributed by atoms with Gasteiger partial charge in [0.1, 0.15) is 6.61 Å². The molecule has 0 saturated carbocycles. The van der Waals surface area contributed by atoms with Crippen molar-refractivity contribution < 1.29 is 14.1 Å². The quantitative estimate of drug-likeness (QED) is 0.691. The van der Waals surface area contributed by atoms with Crippen molar-refractivity contribution >= 4 is 6.09 Å². The van der Waals surface area contributed by atoms with Gasteiger partial charge < -0.3 is 14.2 Å². The minimum Gasteiger partial charge on any atom is -0.445 e. The van der Waals surface area contributed by atoms with Crippen LogP contribution in [0.4, 0.5) is 4.79 Å². The SMILES string of the molecule is Cc1cc(C)cc(COC(=O)N2CCCn3nc(-c4nc(C)no4)cc3C2)c1. The first kappa shape index (κ1) is 18.2. The number of aryl methyl sites for hydroxylation is 4. The molecule has 1 amide bonds. The number of benzene rings is 1. The Morgan fingerprint density at radius 3 is 2.64 bits per heavy atom. The molecule has 4 rings (SSSR count). The average molecular weight is 381 g/mol. The fourth-order valence-corrected chi connectivity index (χ4v) is 3.51. The highest BCUT2D eigenvalue weighted by Crippen LogP contribution is 2.21. The predicted molar refractivity (Wildman–Crippen MR) is 101 cm³/mol. The zero-order chi connectivity index (χ0) is 19.7. The number of rotatable bonds is 3. The zero-order valence-electron chi connectivity index (χ0n) is 16.3. The summed E-state index contributed by atoms with van der Waals surface area (Å²) in [6, 6.07) is 8.07. The van der Waals surface area contributed by atoms with Gasteiger partial charge in [0.25, 0.3) is 5.89 Å². The van der Waals surface area contributed by atoms with Crippen molar-refractivity contribution in [1.82, 2.24) is 24.8 Å². The third kappa shape index (κ3) is 3.90. The van der Waals surface area contributed by atoms with Crippen LogP contribution in [0.5, 0.6) is 0 Å². The lowest BCUT2D eigenvalue weighted by Gasteiger charge is -2.19. The molecule has 3 heterocycles. The lowest BCUT2D eigenvalue weighted by molar-refractivity contribution is 0.0942. The summed E-state index contributed by atoms with van der Waals surface area (Å²) in [5.74, 6) is 0.955. The highest BCUT2D eigenvalue weighted by atomic mass is 16.6. The number of carbonyl (C=O) groups excluding carboxylic acids is 1. The molecular weight excluding hydrogens is 358 g/mol. The molecule has 0 bridgehead atoms. The Bertz CT molecular complexity index is 987. The summed E-state index contributed by atoms with van der Waals surface area (Å²) >= 11 is 0. The number of hydrogen-bond donors (Lipinski definition) is 0. The average Bonchev–Trinajstić information content (AvgIpc) is 3.19. The molecular formula is C20H23N5O3. The van der Waals surface area contributed by atoms with Crippen LogP contribution in [0.15, 0.2) is 28.8 Å². The molecule has 8 nitrogen and oxygen atoms in total. The molecule has 146 valence electrons. The molecule has 2 aromatic heterocycles. The summed E-state index contributed by atoms with van der Waals surface area (Å²) < 4.78 is 12.7. The third-order valence-corrected chi connectivity index (χ3v) is 4.66. The Balaban J connectivity index is 1.44. The molecule has 1 aliphatic rings. The van der Waals surface area contributed by atoms with E-state index in [1.807, 2.05) is 36.7 Å². The van der Waals surface area contributed by atoms with Crippen molar-refractivity contribution in [2.75, 3.05) is 6.54 Å². The maximum atomic E-state index is 12.6. The first-order valence-electron chi connectivity index (χ1n) is 9.34. The molecule has 0 unspecified atom stereocenters. The van der Waals surface area contributed by atoms with E-state index in [-0.39, 0.29) is 12.7 Å². The summed E-state index contributed by atoms with van der Waals surface area (Å²) in [7, 11) is 0. The van der Waals surface area contributed by atoms with Crippen LogP contribution in [0.2, 0.25) is 0 Å². The van der Waals surface area contributed by atoms with Gasteiger partial charge in [0, 0.05) is 13.1 Å². The van der Waals surface area contributed by atoms with Gasteiger partial charge in [0.05, 0.1) is 12.2 Å². The largest absolute Gasteiger partial charge is 0.445 e. The van der Waals surface area contributed by atoms with Crippen LogP contribution in [0.1, 0.15) is 34.6 Å². The minimum atomic E-state index is -0.316. The topological polar surface area (TPSA) is 86.3 Å². The van der Waals surface area contributed by atoms with Gasteiger partial charge in [-0.25, -0.2) is 4.79 Å². The fraction of sp³-hybridized carbons (Fsp3) is 0.400. The van der Waals surface area contributed by atoms with E-state index in [4.69, 9.17) is 9.26 Å². The number of fused-ring (bicyclic) bond motifs is 1. The summed E-state index contributed by atoms with van der Waals surface area (Å²) in [4.78, 5) is 18.6. The molecule has 0 aliphatic carbocycles.